The molecule has 0 aromatic heterocycles. The van der Waals surface area contributed by atoms with Crippen LogP contribution in [0.1, 0.15) is 33.1 Å². The van der Waals surface area contributed by atoms with Crippen LogP contribution in [0.2, 0.25) is 0 Å². The fourth-order valence-electron chi connectivity index (χ4n) is 2.87. The molecule has 0 spiro atoms. The maximum atomic E-state index is 12.3. The van der Waals surface area contributed by atoms with E-state index in [-0.39, 0.29) is 24.7 Å². The molecule has 3 unspecified atom stereocenters. The second-order valence-corrected chi connectivity index (χ2v) is 5.58. The third kappa shape index (κ3) is 3.21. The highest BCUT2D eigenvalue weighted by atomic mass is 16.5. The molecule has 0 aliphatic carbocycles. The topological polar surface area (TPSA) is 82.1 Å². The van der Waals surface area contributed by atoms with Crippen LogP contribution in [0.15, 0.2) is 0 Å². The first-order valence-corrected chi connectivity index (χ1v) is 7.17. The maximum Gasteiger partial charge on any atom is 0.332 e. The number of carbonyl (C=O) groups excluding carboxylic acids is 1. The van der Waals surface area contributed by atoms with E-state index in [1.54, 1.807) is 0 Å². The van der Waals surface area contributed by atoms with Crippen molar-refractivity contribution in [2.24, 2.45) is 0 Å². The van der Waals surface area contributed by atoms with Gasteiger partial charge in [0.25, 0.3) is 0 Å². The van der Waals surface area contributed by atoms with E-state index in [0.717, 1.165) is 19.3 Å². The van der Waals surface area contributed by atoms with Gasteiger partial charge in [-0.2, -0.15) is 0 Å². The van der Waals surface area contributed by atoms with Crippen LogP contribution in [0.3, 0.4) is 0 Å². The summed E-state index contributed by atoms with van der Waals surface area (Å²) in [4.78, 5) is 24.8. The Kier molecular flexibility index (Phi) is 4.82. The summed E-state index contributed by atoms with van der Waals surface area (Å²) < 4.78 is 5.14. The van der Waals surface area contributed by atoms with Crippen LogP contribution in [0.4, 0.5) is 4.79 Å². The lowest BCUT2D eigenvalue weighted by Gasteiger charge is -2.41. The van der Waals surface area contributed by atoms with Crippen molar-refractivity contribution < 1.29 is 19.4 Å². The molecule has 0 radical (unpaired) electrons. The molecule has 0 aromatic carbocycles. The van der Waals surface area contributed by atoms with Crippen LogP contribution in [0.25, 0.3) is 0 Å². The number of morpholine rings is 1. The highest BCUT2D eigenvalue weighted by Gasteiger charge is 2.35. The molecule has 2 aliphatic rings. The van der Waals surface area contributed by atoms with Gasteiger partial charge in [-0.1, -0.05) is 6.42 Å². The quantitative estimate of drug-likeness (QED) is 0.779. The molecule has 2 fully saturated rings. The largest absolute Gasteiger partial charge is 0.480 e. The number of carboxylic acids is 1. The molecule has 114 valence electrons. The molecule has 2 aliphatic heterocycles. The van der Waals surface area contributed by atoms with Gasteiger partial charge < -0.3 is 14.7 Å². The summed E-state index contributed by atoms with van der Waals surface area (Å²) in [5.74, 6) is -1.03. The Hall–Kier alpha value is -1.34. The number of carbonyl (C=O) groups is 2. The summed E-state index contributed by atoms with van der Waals surface area (Å²) in [6.45, 7) is 4.88. The summed E-state index contributed by atoms with van der Waals surface area (Å²) in [6.07, 6.45) is 3.23. The average molecular weight is 285 g/mol. The Morgan fingerprint density at radius 1 is 1.25 bits per heavy atom. The summed E-state index contributed by atoms with van der Waals surface area (Å²) in [7, 11) is 0. The number of hydrogen-bond acceptors (Lipinski definition) is 4. The van der Waals surface area contributed by atoms with E-state index in [0.29, 0.717) is 13.2 Å². The van der Waals surface area contributed by atoms with Crippen molar-refractivity contribution in [3.05, 3.63) is 0 Å². The minimum Gasteiger partial charge on any atom is -0.480 e. The van der Waals surface area contributed by atoms with Crippen molar-refractivity contribution in [3.63, 3.8) is 0 Å². The molecule has 0 bridgehead atoms. The molecule has 3 atom stereocenters. The molecular weight excluding hydrogens is 262 g/mol. The molecule has 0 saturated carbocycles. The third-order valence-electron chi connectivity index (χ3n) is 4.09. The zero-order chi connectivity index (χ0) is 14.7. The number of nitrogens with zero attached hydrogens (tertiary/aromatic N) is 2. The minimum atomic E-state index is -1.03. The number of carboxylic acid groups (broad SMARTS) is 1. The van der Waals surface area contributed by atoms with Crippen LogP contribution in [-0.4, -0.2) is 64.9 Å². The molecule has 20 heavy (non-hydrogen) atoms. The van der Waals surface area contributed by atoms with Gasteiger partial charge in [-0.3, -0.25) is 5.43 Å². The molecule has 2 saturated heterocycles. The lowest BCUT2D eigenvalue weighted by Crippen LogP contribution is -2.61. The van der Waals surface area contributed by atoms with Crippen molar-refractivity contribution in [1.29, 1.82) is 0 Å². The van der Waals surface area contributed by atoms with Gasteiger partial charge in [0.2, 0.25) is 0 Å². The van der Waals surface area contributed by atoms with Crippen LogP contribution < -0.4 is 5.43 Å². The molecule has 7 nitrogen and oxygen atoms in total. The summed E-state index contributed by atoms with van der Waals surface area (Å²) in [5, 5.41) is 11.1. The highest BCUT2D eigenvalue weighted by molar-refractivity contribution is 5.82. The monoisotopic (exact) mass is 285 g/mol. The average Bonchev–Trinajstić information content (AvgIpc) is 2.43. The standard InChI is InChI=1S/C13H23N3O4/c1-9-4-3-5-10(2)16(9)14-13(19)15-6-7-20-8-11(15)12(17)18/h9-11H,3-8H2,1-2H3,(H,14,19)(H,17,18). The molecule has 7 heteroatoms. The summed E-state index contributed by atoms with van der Waals surface area (Å²) in [6, 6.07) is -0.709. The molecular formula is C13H23N3O4. The zero-order valence-electron chi connectivity index (χ0n) is 12.0. The Balaban J connectivity index is 2.00. The fraction of sp³-hybridized carbons (Fsp3) is 0.846. The number of ether oxygens (including phenoxy) is 1. The zero-order valence-corrected chi connectivity index (χ0v) is 12.0. The highest BCUT2D eigenvalue weighted by Crippen LogP contribution is 2.20. The Labute approximate surface area is 118 Å². The second-order valence-electron chi connectivity index (χ2n) is 5.58. The summed E-state index contributed by atoms with van der Waals surface area (Å²) in [5.41, 5.74) is 2.87. The van der Waals surface area contributed by atoms with Gasteiger partial charge in [-0.25, -0.2) is 14.6 Å². The number of hydrazine groups is 1. The smallest absolute Gasteiger partial charge is 0.332 e. The molecule has 2 heterocycles. The number of hydrogen-bond donors (Lipinski definition) is 2. The van der Waals surface area contributed by atoms with Crippen molar-refractivity contribution in [1.82, 2.24) is 15.3 Å². The molecule has 2 amide bonds. The van der Waals surface area contributed by atoms with Crippen molar-refractivity contribution in [3.8, 4) is 0 Å². The lowest BCUT2D eigenvalue weighted by atomic mass is 10.00. The van der Waals surface area contributed by atoms with Crippen molar-refractivity contribution >= 4 is 12.0 Å². The SMILES string of the molecule is CC1CCCC(C)N1NC(=O)N1CCOCC1C(=O)O. The third-order valence-corrected chi connectivity index (χ3v) is 4.09. The molecule has 2 rings (SSSR count). The van der Waals surface area contributed by atoms with Crippen LogP contribution in [0.5, 0.6) is 0 Å². The first kappa shape index (κ1) is 15.1. The van der Waals surface area contributed by atoms with E-state index >= 15 is 0 Å². The van der Waals surface area contributed by atoms with Gasteiger partial charge in [0.15, 0.2) is 6.04 Å². The number of aliphatic carboxylic acids is 1. The first-order chi connectivity index (χ1) is 9.50. The van der Waals surface area contributed by atoms with Gasteiger partial charge in [-0.05, 0) is 26.7 Å². The van der Waals surface area contributed by atoms with Crippen molar-refractivity contribution in [2.45, 2.75) is 51.2 Å². The number of amides is 2. The van der Waals surface area contributed by atoms with Gasteiger partial charge in [0.05, 0.1) is 13.2 Å². The van der Waals surface area contributed by atoms with Crippen LogP contribution >= 0.6 is 0 Å². The van der Waals surface area contributed by atoms with Crippen LogP contribution in [-0.2, 0) is 9.53 Å². The van der Waals surface area contributed by atoms with E-state index in [2.05, 4.69) is 19.3 Å². The van der Waals surface area contributed by atoms with Gasteiger partial charge in [0.1, 0.15) is 0 Å². The number of rotatable bonds is 2. The fourth-order valence-corrected chi connectivity index (χ4v) is 2.87. The van der Waals surface area contributed by atoms with E-state index in [1.165, 1.54) is 4.90 Å². The number of piperidine rings is 1. The van der Waals surface area contributed by atoms with Gasteiger partial charge in [0, 0.05) is 18.6 Å². The normalized spacial score (nSPS) is 31.9. The van der Waals surface area contributed by atoms with Crippen molar-refractivity contribution in [2.75, 3.05) is 19.8 Å². The Morgan fingerprint density at radius 2 is 1.90 bits per heavy atom. The van der Waals surface area contributed by atoms with E-state index in [1.807, 2.05) is 5.01 Å². The minimum absolute atomic E-state index is 0.0495. The van der Waals surface area contributed by atoms with E-state index in [4.69, 9.17) is 9.84 Å². The molecule has 2 N–H and O–H groups in total. The first-order valence-electron chi connectivity index (χ1n) is 7.17. The number of urea groups is 1. The van der Waals surface area contributed by atoms with Crippen LogP contribution in [0, 0.1) is 0 Å². The second kappa shape index (κ2) is 6.41. The van der Waals surface area contributed by atoms with Gasteiger partial charge in [-0.15, -0.1) is 0 Å². The Bertz CT molecular complexity index is 367. The lowest BCUT2D eigenvalue weighted by molar-refractivity contribution is -0.147. The van der Waals surface area contributed by atoms with Gasteiger partial charge >= 0.3 is 12.0 Å². The predicted molar refractivity (Wildman–Crippen MR) is 72.1 cm³/mol. The summed E-state index contributed by atoms with van der Waals surface area (Å²) >= 11 is 0. The number of nitrogens with one attached hydrogen (secondary N) is 1. The predicted octanol–water partition coefficient (Wildman–Crippen LogP) is 0.659. The Morgan fingerprint density at radius 3 is 2.50 bits per heavy atom. The van der Waals surface area contributed by atoms with E-state index in [9.17, 15) is 9.59 Å². The maximum absolute atomic E-state index is 12.3. The molecule has 0 aromatic rings. The van der Waals surface area contributed by atoms with E-state index < -0.39 is 12.0 Å².